The minimum Gasteiger partial charge on any atom is -0.374 e. The van der Waals surface area contributed by atoms with Crippen molar-refractivity contribution in [2.45, 2.75) is 83.0 Å². The summed E-state index contributed by atoms with van der Waals surface area (Å²) in [5, 5.41) is 16.8. The number of halogens is 3. The molecule has 0 amide bonds. The van der Waals surface area contributed by atoms with Crippen molar-refractivity contribution in [3.8, 4) is 0 Å². The number of aliphatic imine (C=N–C) groups is 1. The Labute approximate surface area is 177 Å². The molecule has 3 N–H and O–H groups in total. The minimum absolute atomic E-state index is 0.167. The second-order valence-corrected chi connectivity index (χ2v) is 8.36. The Balaban J connectivity index is 1.96. The molecule has 1 saturated carbocycles. The number of aromatic nitrogens is 2. The van der Waals surface area contributed by atoms with Crippen LogP contribution in [-0.2, 0) is 12.6 Å². The standard InChI is InChI=1S/C21H36F3N5O/c1-4-25-19(28-16(2)10-11-17-8-6-5-7-9-17)27-13-12-20(30,21(22,23)24)18-26-14-15-29(18)3/h14-17,30H,4-13H2,1-3H3,(H2,25,27,28). The third-order valence-electron chi connectivity index (χ3n) is 5.86. The molecule has 1 fully saturated rings. The quantitative estimate of drug-likeness (QED) is 0.410. The van der Waals surface area contributed by atoms with E-state index in [2.05, 4.69) is 27.5 Å². The fourth-order valence-corrected chi connectivity index (χ4v) is 4.06. The van der Waals surface area contributed by atoms with Crippen LogP contribution in [-0.4, -0.2) is 45.9 Å². The lowest BCUT2D eigenvalue weighted by molar-refractivity contribution is -0.272. The molecule has 2 atom stereocenters. The van der Waals surface area contributed by atoms with Crippen LogP contribution < -0.4 is 10.6 Å². The van der Waals surface area contributed by atoms with Crippen LogP contribution in [0, 0.1) is 5.92 Å². The zero-order chi connectivity index (χ0) is 22.2. The van der Waals surface area contributed by atoms with Gasteiger partial charge >= 0.3 is 6.18 Å². The Bertz CT molecular complexity index is 670. The van der Waals surface area contributed by atoms with Gasteiger partial charge in [-0.1, -0.05) is 32.1 Å². The first kappa shape index (κ1) is 24.5. The van der Waals surface area contributed by atoms with E-state index in [9.17, 15) is 18.3 Å². The SMILES string of the molecule is CCNC(=NCCC(O)(c1nccn1C)C(F)(F)F)NC(C)CCC1CCCCC1. The molecule has 2 rings (SSSR count). The fourth-order valence-electron chi connectivity index (χ4n) is 4.06. The van der Waals surface area contributed by atoms with E-state index >= 15 is 0 Å². The maximum absolute atomic E-state index is 13.6. The summed E-state index contributed by atoms with van der Waals surface area (Å²) in [6.07, 6.45) is 5.88. The van der Waals surface area contributed by atoms with Gasteiger partial charge in [-0.15, -0.1) is 0 Å². The molecule has 0 aliphatic heterocycles. The molecular formula is C21H36F3N5O. The highest BCUT2D eigenvalue weighted by Gasteiger charge is 2.57. The van der Waals surface area contributed by atoms with Crippen LogP contribution >= 0.6 is 0 Å². The molecule has 30 heavy (non-hydrogen) atoms. The molecule has 172 valence electrons. The van der Waals surface area contributed by atoms with Crippen molar-refractivity contribution in [2.24, 2.45) is 18.0 Å². The van der Waals surface area contributed by atoms with E-state index in [1.807, 2.05) is 6.92 Å². The van der Waals surface area contributed by atoms with Crippen LogP contribution in [0.15, 0.2) is 17.4 Å². The van der Waals surface area contributed by atoms with Gasteiger partial charge < -0.3 is 20.3 Å². The van der Waals surface area contributed by atoms with Crippen molar-refractivity contribution >= 4 is 5.96 Å². The van der Waals surface area contributed by atoms with E-state index in [4.69, 9.17) is 0 Å². The zero-order valence-corrected chi connectivity index (χ0v) is 18.3. The average Bonchev–Trinajstić information content (AvgIpc) is 3.12. The summed E-state index contributed by atoms with van der Waals surface area (Å²) < 4.78 is 42.1. The molecule has 0 bridgehead atoms. The zero-order valence-electron chi connectivity index (χ0n) is 18.3. The van der Waals surface area contributed by atoms with Crippen LogP contribution in [0.1, 0.15) is 71.0 Å². The summed E-state index contributed by atoms with van der Waals surface area (Å²) in [6, 6.07) is 0.167. The third-order valence-corrected chi connectivity index (χ3v) is 5.86. The van der Waals surface area contributed by atoms with Crippen LogP contribution in [0.5, 0.6) is 0 Å². The first-order valence-electron chi connectivity index (χ1n) is 11.0. The van der Waals surface area contributed by atoms with Gasteiger partial charge in [-0.05, 0) is 32.6 Å². The Morgan fingerprint density at radius 3 is 2.60 bits per heavy atom. The van der Waals surface area contributed by atoms with Crippen molar-refractivity contribution in [3.63, 3.8) is 0 Å². The molecule has 9 heteroatoms. The van der Waals surface area contributed by atoms with Crippen LogP contribution in [0.4, 0.5) is 13.2 Å². The van der Waals surface area contributed by atoms with Gasteiger partial charge in [0, 0.05) is 45.0 Å². The Kier molecular flexibility index (Phi) is 9.00. The molecule has 2 unspecified atom stereocenters. The third kappa shape index (κ3) is 6.62. The predicted molar refractivity (Wildman–Crippen MR) is 112 cm³/mol. The van der Waals surface area contributed by atoms with E-state index in [1.54, 1.807) is 0 Å². The van der Waals surface area contributed by atoms with Gasteiger partial charge in [0.1, 0.15) is 5.82 Å². The molecule has 0 saturated heterocycles. The molecule has 1 aromatic rings. The molecule has 6 nitrogen and oxygen atoms in total. The van der Waals surface area contributed by atoms with E-state index in [0.717, 1.165) is 18.8 Å². The monoisotopic (exact) mass is 431 g/mol. The predicted octanol–water partition coefficient (Wildman–Crippen LogP) is 3.86. The number of alkyl halides is 3. The number of nitrogens with one attached hydrogen (secondary N) is 2. The van der Waals surface area contributed by atoms with Gasteiger partial charge in [0.25, 0.3) is 0 Å². The largest absolute Gasteiger partial charge is 0.424 e. The highest BCUT2D eigenvalue weighted by Crippen LogP contribution is 2.40. The molecule has 1 aliphatic rings. The first-order valence-corrected chi connectivity index (χ1v) is 11.0. The van der Waals surface area contributed by atoms with Crippen molar-refractivity contribution in [1.29, 1.82) is 0 Å². The highest BCUT2D eigenvalue weighted by atomic mass is 19.4. The summed E-state index contributed by atoms with van der Waals surface area (Å²) in [7, 11) is 1.43. The minimum atomic E-state index is -4.85. The summed E-state index contributed by atoms with van der Waals surface area (Å²) in [6.45, 7) is 4.39. The number of hydrogen-bond acceptors (Lipinski definition) is 3. The van der Waals surface area contributed by atoms with Crippen LogP contribution in [0.3, 0.4) is 0 Å². The van der Waals surface area contributed by atoms with E-state index < -0.39 is 24.0 Å². The number of nitrogens with zero attached hydrogens (tertiary/aromatic N) is 3. The topological polar surface area (TPSA) is 74.5 Å². The lowest BCUT2D eigenvalue weighted by atomic mass is 9.85. The Hall–Kier alpha value is -1.77. The van der Waals surface area contributed by atoms with Crippen molar-refractivity contribution < 1.29 is 18.3 Å². The van der Waals surface area contributed by atoms with Crippen molar-refractivity contribution in [3.05, 3.63) is 18.2 Å². The summed E-state index contributed by atoms with van der Waals surface area (Å²) in [4.78, 5) is 8.00. The molecule has 0 radical (unpaired) electrons. The fraction of sp³-hybridized carbons (Fsp3) is 0.810. The molecular weight excluding hydrogens is 395 g/mol. The average molecular weight is 432 g/mol. The molecule has 1 aromatic heterocycles. The lowest BCUT2D eigenvalue weighted by Crippen LogP contribution is -2.46. The van der Waals surface area contributed by atoms with Gasteiger partial charge in [-0.25, -0.2) is 4.98 Å². The van der Waals surface area contributed by atoms with Crippen LogP contribution in [0.25, 0.3) is 0 Å². The number of rotatable bonds is 9. The van der Waals surface area contributed by atoms with Gasteiger partial charge in [0.05, 0.1) is 0 Å². The smallest absolute Gasteiger partial charge is 0.374 e. The van der Waals surface area contributed by atoms with E-state index in [1.165, 1.54) is 56.1 Å². The van der Waals surface area contributed by atoms with E-state index in [-0.39, 0.29) is 12.6 Å². The van der Waals surface area contributed by atoms with E-state index in [0.29, 0.717) is 12.5 Å². The van der Waals surface area contributed by atoms with Gasteiger partial charge in [-0.3, -0.25) is 4.99 Å². The normalized spacial score (nSPS) is 19.4. The van der Waals surface area contributed by atoms with Gasteiger partial charge in [0.2, 0.25) is 5.60 Å². The second kappa shape index (κ2) is 11.0. The summed E-state index contributed by atoms with van der Waals surface area (Å²) in [5.41, 5.74) is -3.04. The first-order chi connectivity index (χ1) is 14.2. The highest BCUT2D eigenvalue weighted by molar-refractivity contribution is 5.80. The maximum Gasteiger partial charge on any atom is 0.424 e. The number of aryl methyl sites for hydroxylation is 1. The summed E-state index contributed by atoms with van der Waals surface area (Å²) >= 11 is 0. The number of hydrogen-bond donors (Lipinski definition) is 3. The molecule has 1 heterocycles. The molecule has 0 aromatic carbocycles. The van der Waals surface area contributed by atoms with Crippen molar-refractivity contribution in [2.75, 3.05) is 13.1 Å². The summed E-state index contributed by atoms with van der Waals surface area (Å²) in [5.74, 6) is 0.823. The lowest BCUT2D eigenvalue weighted by Gasteiger charge is -2.29. The second-order valence-electron chi connectivity index (χ2n) is 8.36. The Morgan fingerprint density at radius 1 is 1.33 bits per heavy atom. The number of guanidine groups is 1. The van der Waals surface area contributed by atoms with Crippen LogP contribution in [0.2, 0.25) is 0 Å². The molecule has 1 aliphatic carbocycles. The Morgan fingerprint density at radius 2 is 2.03 bits per heavy atom. The molecule has 0 spiro atoms. The van der Waals surface area contributed by atoms with Gasteiger partial charge in [-0.2, -0.15) is 13.2 Å². The number of imidazole rings is 1. The number of aliphatic hydroxyl groups is 1. The van der Waals surface area contributed by atoms with Crippen molar-refractivity contribution in [1.82, 2.24) is 20.2 Å². The van der Waals surface area contributed by atoms with Gasteiger partial charge in [0.15, 0.2) is 5.96 Å². The maximum atomic E-state index is 13.6.